The first-order chi connectivity index (χ1) is 22.0. The van der Waals surface area contributed by atoms with E-state index in [1.54, 1.807) is 4.90 Å². The van der Waals surface area contributed by atoms with Crippen LogP contribution in [-0.2, 0) is 19.0 Å². The van der Waals surface area contributed by atoms with Gasteiger partial charge in [0.15, 0.2) is 0 Å². The largest absolute Gasteiger partial charge is 0.460 e. The third-order valence-corrected chi connectivity index (χ3v) is 15.6. The molecule has 48 heavy (non-hydrogen) atoms. The Bertz CT molecular complexity index is 1270. The smallest absolute Gasteiger partial charge is 0.411 e. The molecular formula is C40H67NO7. The van der Waals surface area contributed by atoms with Crippen molar-refractivity contribution in [2.75, 3.05) is 6.54 Å². The van der Waals surface area contributed by atoms with Crippen LogP contribution in [0.5, 0.6) is 0 Å². The lowest BCUT2D eigenvalue weighted by Gasteiger charge is -2.70. The molecule has 0 bridgehead atoms. The first-order valence-corrected chi connectivity index (χ1v) is 19.3. The molecule has 274 valence electrons. The molecule has 0 aromatic carbocycles. The summed E-state index contributed by atoms with van der Waals surface area (Å²) in [5.41, 5.74) is -1.97. The van der Waals surface area contributed by atoms with Gasteiger partial charge in [-0.1, -0.05) is 34.6 Å². The van der Waals surface area contributed by atoms with E-state index in [1.807, 2.05) is 34.6 Å². The Morgan fingerprint density at radius 3 is 2.12 bits per heavy atom. The van der Waals surface area contributed by atoms with Crippen LogP contribution in [0.3, 0.4) is 0 Å². The highest BCUT2D eigenvalue weighted by Gasteiger charge is 2.72. The number of nitrogens with zero attached hydrogens (tertiary/aromatic N) is 1. The first kappa shape index (κ1) is 36.4. The quantitative estimate of drug-likeness (QED) is 0.295. The summed E-state index contributed by atoms with van der Waals surface area (Å²) < 4.78 is 18.8. The van der Waals surface area contributed by atoms with E-state index in [-0.39, 0.29) is 57.3 Å². The van der Waals surface area contributed by atoms with Crippen LogP contribution in [0, 0.1) is 45.3 Å². The van der Waals surface area contributed by atoms with Crippen LogP contribution in [0.2, 0.25) is 0 Å². The van der Waals surface area contributed by atoms with Crippen molar-refractivity contribution in [2.24, 2.45) is 45.3 Å². The molecule has 8 heteroatoms. The van der Waals surface area contributed by atoms with E-state index in [9.17, 15) is 19.8 Å². The standard InChI is InChI=1S/C40H67NO7/c1-34(2,3)48-33(44)41-22-12-13-25(41)32(43)46-29-16-18-37(8)27(35(29,4)5)15-20-38(9)28(37)23-26(42)31-24(14-19-39(31,38)10)40(11)21-17-30(47-40)36(6,7)45/h24-31,42,45H,12-23H2,1-11H3/t24-,25-,26+,27-,28+,29-,30+,31-,37-,38+,39+,40-/m0/s1. The lowest BCUT2D eigenvalue weighted by atomic mass is 9.35. The maximum absolute atomic E-state index is 13.7. The van der Waals surface area contributed by atoms with Gasteiger partial charge in [0.25, 0.3) is 0 Å². The number of aliphatic hydroxyl groups excluding tert-OH is 1. The lowest BCUT2D eigenvalue weighted by Crippen LogP contribution is -2.67. The number of fused-ring (bicyclic) bond motifs is 5. The van der Waals surface area contributed by atoms with Crippen LogP contribution < -0.4 is 0 Å². The minimum Gasteiger partial charge on any atom is -0.460 e. The van der Waals surface area contributed by atoms with Crippen molar-refractivity contribution >= 4 is 12.1 Å². The molecule has 1 amide bonds. The van der Waals surface area contributed by atoms with Gasteiger partial charge in [0, 0.05) is 12.0 Å². The van der Waals surface area contributed by atoms with E-state index in [1.165, 1.54) is 0 Å². The third kappa shape index (κ3) is 5.56. The van der Waals surface area contributed by atoms with Gasteiger partial charge in [-0.15, -0.1) is 0 Å². The van der Waals surface area contributed by atoms with E-state index in [0.717, 1.165) is 64.2 Å². The molecule has 2 saturated heterocycles. The van der Waals surface area contributed by atoms with Crippen molar-refractivity contribution in [1.82, 2.24) is 4.90 Å². The molecule has 0 aromatic heterocycles. The van der Waals surface area contributed by atoms with Crippen molar-refractivity contribution in [3.05, 3.63) is 0 Å². The predicted octanol–water partition coefficient (Wildman–Crippen LogP) is 7.66. The maximum Gasteiger partial charge on any atom is 0.411 e. The molecule has 6 aliphatic rings. The average Bonchev–Trinajstić information content (AvgIpc) is 3.69. The summed E-state index contributed by atoms with van der Waals surface area (Å²) in [5.74, 6) is 0.877. The maximum atomic E-state index is 13.7. The zero-order valence-corrected chi connectivity index (χ0v) is 32.0. The third-order valence-electron chi connectivity index (χ3n) is 15.6. The number of carbonyl (C=O) groups is 2. The average molecular weight is 674 g/mol. The number of hydrogen-bond acceptors (Lipinski definition) is 7. The number of hydrogen-bond donors (Lipinski definition) is 2. The fourth-order valence-electron chi connectivity index (χ4n) is 13.0. The van der Waals surface area contributed by atoms with E-state index < -0.39 is 29.4 Å². The molecular weight excluding hydrogens is 606 g/mol. The SMILES string of the molecule is CC(C)(C)OC(=O)N1CCC[C@H]1C(=O)O[C@H]1CC[C@]2(C)[C@H]3C[C@@H](O)[C@@H]4[C@@H]([C@]5(C)CC[C@H](C(C)(C)O)O5)CC[C@@]4(C)[C@]3(C)CC[C@H]2C1(C)C. The molecule has 2 heterocycles. The number of ether oxygens (including phenoxy) is 3. The van der Waals surface area contributed by atoms with Gasteiger partial charge in [0.1, 0.15) is 17.7 Å². The summed E-state index contributed by atoms with van der Waals surface area (Å²) in [5, 5.41) is 23.0. The minimum absolute atomic E-state index is 0.00573. The van der Waals surface area contributed by atoms with Crippen molar-refractivity contribution in [3.63, 3.8) is 0 Å². The summed E-state index contributed by atoms with van der Waals surface area (Å²) in [7, 11) is 0. The number of aliphatic hydroxyl groups is 2. The van der Waals surface area contributed by atoms with E-state index >= 15 is 0 Å². The van der Waals surface area contributed by atoms with Crippen LogP contribution in [0.4, 0.5) is 4.79 Å². The second-order valence-corrected chi connectivity index (χ2v) is 20.2. The Morgan fingerprint density at radius 2 is 1.50 bits per heavy atom. The molecule has 4 saturated carbocycles. The summed E-state index contributed by atoms with van der Waals surface area (Å²) in [6.07, 6.45) is 8.83. The second kappa shape index (κ2) is 11.6. The van der Waals surface area contributed by atoms with Crippen molar-refractivity contribution in [1.29, 1.82) is 0 Å². The molecule has 0 radical (unpaired) electrons. The molecule has 4 aliphatic carbocycles. The van der Waals surface area contributed by atoms with E-state index in [0.29, 0.717) is 24.8 Å². The highest BCUT2D eigenvalue weighted by molar-refractivity contribution is 5.82. The van der Waals surface area contributed by atoms with Gasteiger partial charge in [-0.3, -0.25) is 4.90 Å². The Morgan fingerprint density at radius 1 is 0.833 bits per heavy atom. The van der Waals surface area contributed by atoms with Crippen molar-refractivity contribution in [2.45, 2.75) is 188 Å². The van der Waals surface area contributed by atoms with Crippen LogP contribution in [0.25, 0.3) is 0 Å². The van der Waals surface area contributed by atoms with Crippen LogP contribution >= 0.6 is 0 Å². The van der Waals surface area contributed by atoms with E-state index in [2.05, 4.69) is 41.5 Å². The number of esters is 1. The van der Waals surface area contributed by atoms with Gasteiger partial charge in [-0.2, -0.15) is 0 Å². The highest BCUT2D eigenvalue weighted by atomic mass is 16.6. The van der Waals surface area contributed by atoms with Crippen molar-refractivity contribution < 1.29 is 34.0 Å². The summed E-state index contributed by atoms with van der Waals surface area (Å²) in [4.78, 5) is 28.2. The minimum atomic E-state index is -0.872. The van der Waals surface area contributed by atoms with Crippen molar-refractivity contribution in [3.8, 4) is 0 Å². The van der Waals surface area contributed by atoms with Gasteiger partial charge in [0.05, 0.1) is 23.4 Å². The highest BCUT2D eigenvalue weighted by Crippen LogP contribution is 2.76. The fourth-order valence-corrected chi connectivity index (χ4v) is 13.0. The van der Waals surface area contributed by atoms with E-state index in [4.69, 9.17) is 14.2 Å². The lowest BCUT2D eigenvalue weighted by molar-refractivity contribution is -0.251. The fraction of sp³-hybridized carbons (Fsp3) is 0.950. The molecule has 0 spiro atoms. The van der Waals surface area contributed by atoms with Gasteiger partial charge in [0.2, 0.25) is 0 Å². The normalized spacial score (nSPS) is 47.2. The molecule has 0 unspecified atom stereocenters. The molecule has 2 aliphatic heterocycles. The molecule has 2 N–H and O–H groups in total. The second-order valence-electron chi connectivity index (χ2n) is 20.2. The zero-order valence-electron chi connectivity index (χ0n) is 32.0. The molecule has 8 nitrogen and oxygen atoms in total. The Labute approximate surface area is 290 Å². The number of carbonyl (C=O) groups excluding carboxylic acids is 2. The van der Waals surface area contributed by atoms with Gasteiger partial charge < -0.3 is 24.4 Å². The Hall–Kier alpha value is -1.38. The number of amides is 1. The molecule has 6 rings (SSSR count). The predicted molar refractivity (Wildman–Crippen MR) is 185 cm³/mol. The molecule has 6 fully saturated rings. The van der Waals surface area contributed by atoms with Crippen LogP contribution in [-0.4, -0.2) is 74.9 Å². The van der Waals surface area contributed by atoms with Crippen LogP contribution in [0.1, 0.15) is 147 Å². The topological polar surface area (TPSA) is 106 Å². The Kier molecular flexibility index (Phi) is 8.77. The van der Waals surface area contributed by atoms with Gasteiger partial charge in [-0.05, 0) is 152 Å². The molecule has 0 aromatic rings. The monoisotopic (exact) mass is 673 g/mol. The summed E-state index contributed by atoms with van der Waals surface area (Å²) in [6, 6.07) is -0.594. The van der Waals surface area contributed by atoms with Crippen LogP contribution in [0.15, 0.2) is 0 Å². The number of likely N-dealkylation sites (tertiary alicyclic amines) is 1. The Balaban J connectivity index is 1.20. The van der Waals surface area contributed by atoms with Gasteiger partial charge in [-0.25, -0.2) is 9.59 Å². The zero-order chi connectivity index (χ0) is 35.5. The number of rotatable bonds is 4. The first-order valence-electron chi connectivity index (χ1n) is 19.3. The summed E-state index contributed by atoms with van der Waals surface area (Å²) >= 11 is 0. The van der Waals surface area contributed by atoms with Gasteiger partial charge >= 0.3 is 12.1 Å². The molecule has 12 atom stereocenters. The summed E-state index contributed by atoms with van der Waals surface area (Å²) in [6.45, 7) is 24.1.